The van der Waals surface area contributed by atoms with Gasteiger partial charge in [0.25, 0.3) is 0 Å². The van der Waals surface area contributed by atoms with E-state index in [0.717, 1.165) is 5.75 Å². The molecule has 16 heavy (non-hydrogen) atoms. The number of benzene rings is 1. The van der Waals surface area contributed by atoms with Crippen molar-refractivity contribution in [3.8, 4) is 11.6 Å². The van der Waals surface area contributed by atoms with E-state index in [4.69, 9.17) is 4.74 Å². The molecule has 0 bridgehead atoms. The minimum absolute atomic E-state index is 0.491. The summed E-state index contributed by atoms with van der Waals surface area (Å²) in [6.45, 7) is 0. The van der Waals surface area contributed by atoms with Crippen molar-refractivity contribution in [1.82, 2.24) is 9.97 Å². The molecule has 0 saturated carbocycles. The lowest BCUT2D eigenvalue weighted by molar-refractivity contribution is 0.458. The Labute approximate surface area is 102 Å². The van der Waals surface area contributed by atoms with E-state index >= 15 is 0 Å². The van der Waals surface area contributed by atoms with Gasteiger partial charge in [0, 0.05) is 7.05 Å². The van der Waals surface area contributed by atoms with Gasteiger partial charge < -0.3 is 10.1 Å². The number of anilines is 1. The van der Waals surface area contributed by atoms with E-state index in [9.17, 15) is 0 Å². The zero-order valence-electron chi connectivity index (χ0n) is 8.64. The van der Waals surface area contributed by atoms with Gasteiger partial charge in [-0.15, -0.1) is 0 Å². The Morgan fingerprint density at radius 1 is 1.19 bits per heavy atom. The summed E-state index contributed by atoms with van der Waals surface area (Å²) in [4.78, 5) is 8.11. The Hall–Kier alpha value is -1.62. The Morgan fingerprint density at radius 3 is 2.62 bits per heavy atom. The lowest BCUT2D eigenvalue weighted by Gasteiger charge is -2.08. The number of nitrogens with zero attached hydrogens (tertiary/aromatic N) is 2. The fourth-order valence-corrected chi connectivity index (χ4v) is 1.68. The van der Waals surface area contributed by atoms with E-state index in [1.807, 2.05) is 30.3 Å². The van der Waals surface area contributed by atoms with Crippen molar-refractivity contribution >= 4 is 21.7 Å². The summed E-state index contributed by atoms with van der Waals surface area (Å²) < 4.78 is 6.32. The van der Waals surface area contributed by atoms with Gasteiger partial charge in [0.05, 0.1) is 0 Å². The molecule has 0 aliphatic heterocycles. The molecule has 2 rings (SSSR count). The molecule has 0 unspecified atom stereocenters. The summed E-state index contributed by atoms with van der Waals surface area (Å²) in [7, 11) is 1.79. The minimum Gasteiger partial charge on any atom is -0.438 e. The maximum absolute atomic E-state index is 5.61. The number of halogens is 1. The molecular weight excluding hydrogens is 270 g/mol. The van der Waals surface area contributed by atoms with Crippen molar-refractivity contribution in [3.63, 3.8) is 0 Å². The first-order chi connectivity index (χ1) is 7.81. The van der Waals surface area contributed by atoms with Crippen LogP contribution in [0.5, 0.6) is 11.6 Å². The molecule has 82 valence electrons. The first-order valence-corrected chi connectivity index (χ1v) is 5.51. The van der Waals surface area contributed by atoms with E-state index < -0.39 is 0 Å². The smallest absolute Gasteiger partial charge is 0.238 e. The third kappa shape index (κ3) is 2.30. The minimum atomic E-state index is 0.491. The monoisotopic (exact) mass is 279 g/mol. The zero-order valence-corrected chi connectivity index (χ0v) is 10.2. The first-order valence-electron chi connectivity index (χ1n) is 4.72. The molecule has 0 radical (unpaired) electrons. The molecule has 4 nitrogen and oxygen atoms in total. The van der Waals surface area contributed by atoms with E-state index in [-0.39, 0.29) is 0 Å². The van der Waals surface area contributed by atoms with Crippen LogP contribution in [0.2, 0.25) is 0 Å². The first kappa shape index (κ1) is 10.9. The molecule has 5 heteroatoms. The van der Waals surface area contributed by atoms with Crippen molar-refractivity contribution in [2.24, 2.45) is 0 Å². The fourth-order valence-electron chi connectivity index (χ4n) is 1.20. The van der Waals surface area contributed by atoms with Crippen LogP contribution in [0, 0.1) is 0 Å². The topological polar surface area (TPSA) is 47.0 Å². The van der Waals surface area contributed by atoms with Crippen LogP contribution < -0.4 is 10.1 Å². The molecular formula is C11H10BrN3O. The van der Waals surface area contributed by atoms with E-state index in [1.54, 1.807) is 7.05 Å². The third-order valence-corrected chi connectivity index (χ3v) is 2.67. The largest absolute Gasteiger partial charge is 0.438 e. The summed E-state index contributed by atoms with van der Waals surface area (Å²) in [5.41, 5.74) is 0. The highest BCUT2D eigenvalue weighted by Crippen LogP contribution is 2.31. The number of aromatic nitrogens is 2. The highest BCUT2D eigenvalue weighted by molar-refractivity contribution is 9.10. The molecule has 0 atom stereocenters. The highest BCUT2D eigenvalue weighted by Gasteiger charge is 2.09. The predicted molar refractivity (Wildman–Crippen MR) is 65.8 cm³/mol. The summed E-state index contributed by atoms with van der Waals surface area (Å²) in [5.74, 6) is 1.93. The van der Waals surface area contributed by atoms with Gasteiger partial charge in [-0.2, -0.15) is 0 Å². The van der Waals surface area contributed by atoms with E-state index in [1.165, 1.54) is 6.33 Å². The lowest BCUT2D eigenvalue weighted by atomic mass is 10.3. The van der Waals surface area contributed by atoms with Gasteiger partial charge in [-0.05, 0) is 28.1 Å². The van der Waals surface area contributed by atoms with Gasteiger partial charge in [-0.1, -0.05) is 18.2 Å². The van der Waals surface area contributed by atoms with Gasteiger partial charge in [0.1, 0.15) is 22.4 Å². The van der Waals surface area contributed by atoms with Crippen LogP contribution in [-0.4, -0.2) is 17.0 Å². The average molecular weight is 280 g/mol. The van der Waals surface area contributed by atoms with Crippen molar-refractivity contribution < 1.29 is 4.74 Å². The van der Waals surface area contributed by atoms with E-state index in [0.29, 0.717) is 16.2 Å². The highest BCUT2D eigenvalue weighted by atomic mass is 79.9. The predicted octanol–water partition coefficient (Wildman–Crippen LogP) is 3.07. The lowest BCUT2D eigenvalue weighted by Crippen LogP contribution is -1.97. The zero-order chi connectivity index (χ0) is 11.4. The summed E-state index contributed by atoms with van der Waals surface area (Å²) >= 11 is 3.39. The van der Waals surface area contributed by atoms with Crippen molar-refractivity contribution in [3.05, 3.63) is 41.1 Å². The number of hydrogen-bond acceptors (Lipinski definition) is 4. The second kappa shape index (κ2) is 4.94. The van der Waals surface area contributed by atoms with Crippen LogP contribution in [0.4, 0.5) is 5.82 Å². The van der Waals surface area contributed by atoms with Crippen LogP contribution in [0.25, 0.3) is 0 Å². The van der Waals surface area contributed by atoms with Gasteiger partial charge >= 0.3 is 0 Å². The van der Waals surface area contributed by atoms with Crippen LogP contribution >= 0.6 is 15.9 Å². The molecule has 0 amide bonds. The molecule has 0 fully saturated rings. The standard InChI is InChI=1S/C11H10BrN3O/c1-13-10-9(12)11(15-7-14-10)16-8-5-3-2-4-6-8/h2-7H,1H3,(H,13,14,15). The fraction of sp³-hybridized carbons (Fsp3) is 0.0909. The van der Waals surface area contributed by atoms with Gasteiger partial charge in [0.15, 0.2) is 0 Å². The van der Waals surface area contributed by atoms with Crippen LogP contribution in [0.1, 0.15) is 0 Å². The van der Waals surface area contributed by atoms with Crippen LogP contribution in [-0.2, 0) is 0 Å². The summed E-state index contributed by atoms with van der Waals surface area (Å²) in [5, 5.41) is 2.94. The summed E-state index contributed by atoms with van der Waals surface area (Å²) in [6.07, 6.45) is 1.45. The van der Waals surface area contributed by atoms with Crippen molar-refractivity contribution in [2.75, 3.05) is 12.4 Å². The average Bonchev–Trinajstić information content (AvgIpc) is 2.33. The van der Waals surface area contributed by atoms with Crippen LogP contribution in [0.3, 0.4) is 0 Å². The second-order valence-corrected chi connectivity index (χ2v) is 3.80. The Balaban J connectivity index is 2.28. The molecule has 1 N–H and O–H groups in total. The molecule has 2 aromatic rings. The Bertz CT molecular complexity index is 476. The van der Waals surface area contributed by atoms with Crippen molar-refractivity contribution in [1.29, 1.82) is 0 Å². The van der Waals surface area contributed by atoms with Crippen LogP contribution in [0.15, 0.2) is 41.1 Å². The SMILES string of the molecule is CNc1ncnc(Oc2ccccc2)c1Br. The molecule has 0 aliphatic rings. The maximum Gasteiger partial charge on any atom is 0.238 e. The Morgan fingerprint density at radius 2 is 1.94 bits per heavy atom. The molecule has 1 aromatic heterocycles. The number of para-hydroxylation sites is 1. The number of rotatable bonds is 3. The third-order valence-electron chi connectivity index (χ3n) is 1.95. The second-order valence-electron chi connectivity index (χ2n) is 3.01. The molecule has 0 spiro atoms. The van der Waals surface area contributed by atoms with E-state index in [2.05, 4.69) is 31.2 Å². The summed E-state index contributed by atoms with van der Waals surface area (Å²) in [6, 6.07) is 9.48. The molecule has 1 aromatic carbocycles. The Kier molecular flexibility index (Phi) is 3.36. The van der Waals surface area contributed by atoms with Crippen molar-refractivity contribution in [2.45, 2.75) is 0 Å². The molecule has 1 heterocycles. The molecule has 0 saturated heterocycles. The maximum atomic E-state index is 5.61. The molecule has 0 aliphatic carbocycles. The quantitative estimate of drug-likeness (QED) is 0.938. The number of ether oxygens (including phenoxy) is 1. The normalized spacial score (nSPS) is 9.88. The van der Waals surface area contributed by atoms with Gasteiger partial charge in [0.2, 0.25) is 5.88 Å². The number of hydrogen-bond donors (Lipinski definition) is 1. The van der Waals surface area contributed by atoms with Gasteiger partial charge in [-0.3, -0.25) is 0 Å². The van der Waals surface area contributed by atoms with Gasteiger partial charge in [-0.25, -0.2) is 9.97 Å². The number of nitrogens with one attached hydrogen (secondary N) is 1.